The summed E-state index contributed by atoms with van der Waals surface area (Å²) in [5, 5.41) is 13.8. The summed E-state index contributed by atoms with van der Waals surface area (Å²) in [5.41, 5.74) is 0. The highest BCUT2D eigenvalue weighted by Gasteiger charge is 2.32. The number of hydrogen-bond acceptors (Lipinski definition) is 5. The number of sulfonamides is 1. The Kier molecular flexibility index (Phi) is 6.97. The largest absolute Gasteiger partial charge is 0.481 e. The minimum Gasteiger partial charge on any atom is -0.481 e. The summed E-state index contributed by atoms with van der Waals surface area (Å²) >= 11 is 1.07. The van der Waals surface area contributed by atoms with Crippen LogP contribution < -0.4 is 10.0 Å². The molecule has 140 valence electrons. The Labute approximate surface area is 151 Å². The number of carbonyl (C=O) groups excluding carboxylic acids is 1. The highest BCUT2D eigenvalue weighted by molar-refractivity contribution is 7.91. The molecular weight excluding hydrogens is 364 g/mol. The van der Waals surface area contributed by atoms with Crippen molar-refractivity contribution in [2.24, 2.45) is 5.92 Å². The van der Waals surface area contributed by atoms with Gasteiger partial charge in [0, 0.05) is 6.04 Å². The Morgan fingerprint density at radius 2 is 1.92 bits per heavy atom. The second-order valence-electron chi connectivity index (χ2n) is 6.33. The van der Waals surface area contributed by atoms with Gasteiger partial charge in [0.15, 0.2) is 0 Å². The van der Waals surface area contributed by atoms with Gasteiger partial charge in [0.2, 0.25) is 5.91 Å². The summed E-state index contributed by atoms with van der Waals surface area (Å²) in [6.07, 6.45) is 4.80. The van der Waals surface area contributed by atoms with Gasteiger partial charge >= 0.3 is 5.97 Å². The lowest BCUT2D eigenvalue weighted by molar-refractivity contribution is -0.143. The molecule has 1 saturated carbocycles. The average molecular weight is 389 g/mol. The minimum absolute atomic E-state index is 0.140. The first-order valence-corrected chi connectivity index (χ1v) is 10.8. The molecular formula is C16H24N2O5S2. The van der Waals surface area contributed by atoms with Gasteiger partial charge in [-0.2, -0.15) is 4.72 Å². The Balaban J connectivity index is 2.01. The molecule has 1 heterocycles. The van der Waals surface area contributed by atoms with Crippen LogP contribution in [0.1, 0.15) is 45.4 Å². The Morgan fingerprint density at radius 1 is 1.24 bits per heavy atom. The zero-order valence-corrected chi connectivity index (χ0v) is 15.7. The molecule has 1 fully saturated rings. The number of carboxylic acid groups (broad SMARTS) is 1. The Morgan fingerprint density at radius 3 is 2.52 bits per heavy atom. The Bertz CT molecular complexity index is 687. The van der Waals surface area contributed by atoms with Gasteiger partial charge in [-0.3, -0.25) is 9.59 Å². The molecule has 2 rings (SSSR count). The zero-order valence-electron chi connectivity index (χ0n) is 14.1. The zero-order chi connectivity index (χ0) is 18.4. The molecule has 0 saturated heterocycles. The van der Waals surface area contributed by atoms with E-state index in [9.17, 15) is 23.1 Å². The fourth-order valence-electron chi connectivity index (χ4n) is 3.02. The number of hydrogen-bond donors (Lipinski definition) is 3. The topological polar surface area (TPSA) is 113 Å². The van der Waals surface area contributed by atoms with Crippen molar-refractivity contribution in [2.45, 2.75) is 61.7 Å². The van der Waals surface area contributed by atoms with Crippen LogP contribution >= 0.6 is 11.3 Å². The van der Waals surface area contributed by atoms with E-state index >= 15 is 0 Å². The maximum absolute atomic E-state index is 12.4. The van der Waals surface area contributed by atoms with Crippen LogP contribution in [0.25, 0.3) is 0 Å². The molecule has 0 spiro atoms. The van der Waals surface area contributed by atoms with Gasteiger partial charge in [0.05, 0.1) is 12.0 Å². The van der Waals surface area contributed by atoms with Crippen molar-refractivity contribution in [2.75, 3.05) is 0 Å². The van der Waals surface area contributed by atoms with Crippen molar-refractivity contribution in [1.82, 2.24) is 10.0 Å². The predicted molar refractivity (Wildman–Crippen MR) is 94.9 cm³/mol. The molecule has 1 aliphatic rings. The van der Waals surface area contributed by atoms with Crippen molar-refractivity contribution >= 4 is 33.2 Å². The van der Waals surface area contributed by atoms with Crippen LogP contribution in [0.15, 0.2) is 21.7 Å². The molecule has 0 aliphatic heterocycles. The number of aliphatic carboxylic acids is 1. The lowest BCUT2D eigenvalue weighted by Crippen LogP contribution is -2.51. The molecule has 1 aromatic heterocycles. The molecule has 0 unspecified atom stereocenters. The summed E-state index contributed by atoms with van der Waals surface area (Å²) in [5.74, 6) is -2.05. The summed E-state index contributed by atoms with van der Waals surface area (Å²) < 4.78 is 26.9. The second kappa shape index (κ2) is 8.77. The van der Waals surface area contributed by atoms with E-state index in [0.29, 0.717) is 12.8 Å². The van der Waals surface area contributed by atoms with E-state index in [2.05, 4.69) is 10.0 Å². The molecule has 1 aromatic rings. The molecule has 1 amide bonds. The van der Waals surface area contributed by atoms with Crippen LogP contribution in [0.2, 0.25) is 0 Å². The summed E-state index contributed by atoms with van der Waals surface area (Å²) in [6.45, 7) is 1.46. The van der Waals surface area contributed by atoms with Crippen LogP contribution in [0.4, 0.5) is 0 Å². The number of nitrogens with one attached hydrogen (secondary N) is 2. The van der Waals surface area contributed by atoms with E-state index in [-0.39, 0.29) is 4.21 Å². The Hall–Kier alpha value is -1.45. The van der Waals surface area contributed by atoms with Gasteiger partial charge in [-0.25, -0.2) is 8.42 Å². The summed E-state index contributed by atoms with van der Waals surface area (Å²) in [4.78, 5) is 23.9. The first-order valence-electron chi connectivity index (χ1n) is 8.40. The first kappa shape index (κ1) is 19.9. The average Bonchev–Trinajstić information content (AvgIpc) is 3.04. The van der Waals surface area contributed by atoms with Gasteiger partial charge in [-0.1, -0.05) is 31.7 Å². The van der Waals surface area contributed by atoms with Crippen LogP contribution in [0, 0.1) is 5.92 Å². The predicted octanol–water partition coefficient (Wildman–Crippen LogP) is 1.95. The van der Waals surface area contributed by atoms with Crippen molar-refractivity contribution in [3.63, 3.8) is 0 Å². The minimum atomic E-state index is -3.75. The number of carbonyl (C=O) groups is 2. The monoisotopic (exact) mass is 388 g/mol. The van der Waals surface area contributed by atoms with Crippen LogP contribution in [0.3, 0.4) is 0 Å². The van der Waals surface area contributed by atoms with Crippen LogP contribution in [-0.4, -0.2) is 37.5 Å². The quantitative estimate of drug-likeness (QED) is 0.689. The number of thiophene rings is 1. The number of rotatable bonds is 6. The second-order valence-corrected chi connectivity index (χ2v) is 9.21. The smallest absolute Gasteiger partial charge is 0.308 e. The fourth-order valence-corrected chi connectivity index (χ4v) is 5.23. The lowest BCUT2D eigenvalue weighted by atomic mass is 9.86. The van der Waals surface area contributed by atoms with Crippen molar-refractivity contribution < 1.29 is 23.1 Å². The van der Waals surface area contributed by atoms with E-state index < -0.39 is 39.9 Å². The van der Waals surface area contributed by atoms with Crippen molar-refractivity contribution in [1.29, 1.82) is 0 Å². The molecule has 9 heteroatoms. The van der Waals surface area contributed by atoms with Crippen molar-refractivity contribution in [3.05, 3.63) is 17.5 Å². The third-order valence-corrected chi connectivity index (χ3v) is 7.33. The number of carboxylic acids is 1. The van der Waals surface area contributed by atoms with Gasteiger partial charge in [-0.15, -0.1) is 11.3 Å². The molecule has 0 radical (unpaired) electrons. The van der Waals surface area contributed by atoms with E-state index in [1.54, 1.807) is 11.4 Å². The lowest BCUT2D eigenvalue weighted by Gasteiger charge is -2.28. The highest BCUT2D eigenvalue weighted by atomic mass is 32.2. The van der Waals surface area contributed by atoms with Gasteiger partial charge in [0.25, 0.3) is 10.0 Å². The molecule has 3 atom stereocenters. The standard InChI is InChI=1S/C16H24N2O5S2/c1-11(18-25(22,23)14-9-6-10-24-14)15(19)17-13-8-5-3-2-4-7-12(13)16(20)21/h6,9-13,18H,2-5,7-8H2,1H3,(H,17,19)(H,20,21)/t11-,12-,13+/m0/s1. The van der Waals surface area contributed by atoms with E-state index in [0.717, 1.165) is 37.0 Å². The molecule has 25 heavy (non-hydrogen) atoms. The van der Waals surface area contributed by atoms with Crippen LogP contribution in [-0.2, 0) is 19.6 Å². The number of amides is 1. The SMILES string of the molecule is C[C@H](NS(=O)(=O)c1cccs1)C(=O)N[C@@H]1CCCCCC[C@@H]1C(=O)O. The van der Waals surface area contributed by atoms with E-state index in [1.165, 1.54) is 13.0 Å². The maximum atomic E-state index is 12.4. The van der Waals surface area contributed by atoms with Gasteiger partial charge in [0.1, 0.15) is 4.21 Å². The van der Waals surface area contributed by atoms with E-state index in [1.807, 2.05) is 0 Å². The third-order valence-electron chi connectivity index (χ3n) is 4.40. The summed E-state index contributed by atoms with van der Waals surface area (Å²) in [6, 6.07) is 1.63. The summed E-state index contributed by atoms with van der Waals surface area (Å²) in [7, 11) is -3.75. The fraction of sp³-hybridized carbons (Fsp3) is 0.625. The molecule has 3 N–H and O–H groups in total. The maximum Gasteiger partial charge on any atom is 0.308 e. The van der Waals surface area contributed by atoms with Crippen LogP contribution in [0.5, 0.6) is 0 Å². The highest BCUT2D eigenvalue weighted by Crippen LogP contribution is 2.23. The van der Waals surface area contributed by atoms with Gasteiger partial charge in [-0.05, 0) is 31.2 Å². The van der Waals surface area contributed by atoms with Crippen molar-refractivity contribution in [3.8, 4) is 0 Å². The van der Waals surface area contributed by atoms with E-state index in [4.69, 9.17) is 0 Å². The molecule has 1 aliphatic carbocycles. The third kappa shape index (κ3) is 5.52. The first-order chi connectivity index (χ1) is 11.8. The normalized spacial score (nSPS) is 23.2. The van der Waals surface area contributed by atoms with Gasteiger partial charge < -0.3 is 10.4 Å². The molecule has 7 nitrogen and oxygen atoms in total. The molecule has 0 bridgehead atoms. The molecule has 0 aromatic carbocycles.